The molecule has 2 aromatic carbocycles. The van der Waals surface area contributed by atoms with E-state index in [-0.39, 0.29) is 18.1 Å². The number of Topliss-reactive ketones (excluding diaryl/α,β-unsaturated/α-hetero) is 1. The molecule has 0 atom stereocenters. The molecule has 0 unspecified atom stereocenters. The van der Waals surface area contributed by atoms with Gasteiger partial charge in [0.05, 0.1) is 12.1 Å². The summed E-state index contributed by atoms with van der Waals surface area (Å²) in [5.74, 6) is 0.611. The molecule has 0 radical (unpaired) electrons. The summed E-state index contributed by atoms with van der Waals surface area (Å²) in [5, 5.41) is 2.80. The Balaban J connectivity index is 1.88. The molecule has 0 saturated heterocycles. The van der Waals surface area contributed by atoms with Crippen molar-refractivity contribution in [1.82, 2.24) is 0 Å². The van der Waals surface area contributed by atoms with Crippen molar-refractivity contribution in [1.29, 1.82) is 0 Å². The fourth-order valence-electron chi connectivity index (χ4n) is 2.50. The first-order valence-electron chi connectivity index (χ1n) is 7.42. The van der Waals surface area contributed by atoms with Gasteiger partial charge in [0, 0.05) is 5.56 Å². The minimum atomic E-state index is -0.207. The number of carbonyl (C=O) groups excluding carboxylic acids is 2. The van der Waals surface area contributed by atoms with Crippen LogP contribution in [-0.2, 0) is 11.2 Å². The summed E-state index contributed by atoms with van der Waals surface area (Å²) in [4.78, 5) is 24.2. The zero-order chi connectivity index (χ0) is 16.2. The van der Waals surface area contributed by atoms with Crippen LogP contribution in [0.5, 0.6) is 11.5 Å². The first-order valence-corrected chi connectivity index (χ1v) is 7.42. The molecule has 0 aromatic heterocycles. The number of benzene rings is 2. The summed E-state index contributed by atoms with van der Waals surface area (Å²) in [6, 6.07) is 12.8. The van der Waals surface area contributed by atoms with Crippen LogP contribution in [0.2, 0.25) is 0 Å². The van der Waals surface area contributed by atoms with Crippen LogP contribution in [0.4, 0.5) is 5.69 Å². The minimum absolute atomic E-state index is 0.142. The number of ketones is 1. The number of rotatable bonds is 4. The average molecular weight is 311 g/mol. The number of carbonyl (C=O) groups is 2. The van der Waals surface area contributed by atoms with E-state index in [0.717, 1.165) is 5.56 Å². The SMILES string of the molecule is CC(=O)c1ccc2c(c1NC(=O)Cc1ccccc1)OCCO2. The topological polar surface area (TPSA) is 64.6 Å². The summed E-state index contributed by atoms with van der Waals surface area (Å²) in [7, 11) is 0. The normalized spacial score (nSPS) is 12.6. The Bertz CT molecular complexity index is 740. The van der Waals surface area contributed by atoms with Crippen LogP contribution in [0, 0.1) is 0 Å². The number of hydrogen-bond donors (Lipinski definition) is 1. The maximum Gasteiger partial charge on any atom is 0.228 e. The van der Waals surface area contributed by atoms with Crippen molar-refractivity contribution in [2.24, 2.45) is 0 Å². The van der Waals surface area contributed by atoms with Crippen LogP contribution in [0.3, 0.4) is 0 Å². The number of hydrogen-bond acceptors (Lipinski definition) is 4. The molecule has 0 spiro atoms. The van der Waals surface area contributed by atoms with Crippen molar-refractivity contribution in [2.45, 2.75) is 13.3 Å². The molecule has 23 heavy (non-hydrogen) atoms. The Labute approximate surface area is 134 Å². The van der Waals surface area contributed by atoms with E-state index in [1.807, 2.05) is 30.3 Å². The third-order valence-corrected chi connectivity index (χ3v) is 3.56. The predicted octanol–water partition coefficient (Wildman–Crippen LogP) is 2.84. The fraction of sp³-hybridized carbons (Fsp3) is 0.222. The van der Waals surface area contributed by atoms with E-state index in [4.69, 9.17) is 9.47 Å². The van der Waals surface area contributed by atoms with Gasteiger partial charge in [-0.15, -0.1) is 0 Å². The standard InChI is InChI=1S/C18H17NO4/c1-12(20)14-7-8-15-18(23-10-9-22-15)17(14)19-16(21)11-13-5-3-2-4-6-13/h2-8H,9-11H2,1H3,(H,19,21). The zero-order valence-electron chi connectivity index (χ0n) is 12.8. The van der Waals surface area contributed by atoms with Gasteiger partial charge in [-0.1, -0.05) is 30.3 Å². The van der Waals surface area contributed by atoms with Gasteiger partial charge in [-0.2, -0.15) is 0 Å². The molecule has 0 aliphatic carbocycles. The molecule has 5 nitrogen and oxygen atoms in total. The van der Waals surface area contributed by atoms with Gasteiger partial charge >= 0.3 is 0 Å². The first-order chi connectivity index (χ1) is 11.1. The summed E-state index contributed by atoms with van der Waals surface area (Å²) >= 11 is 0. The van der Waals surface area contributed by atoms with E-state index < -0.39 is 0 Å². The fourth-order valence-corrected chi connectivity index (χ4v) is 2.50. The lowest BCUT2D eigenvalue weighted by Gasteiger charge is -2.22. The lowest BCUT2D eigenvalue weighted by atomic mass is 10.1. The molecular weight excluding hydrogens is 294 g/mol. The Morgan fingerprint density at radius 2 is 1.78 bits per heavy atom. The van der Waals surface area contributed by atoms with Gasteiger partial charge in [0.15, 0.2) is 17.3 Å². The number of anilines is 1. The summed E-state index contributed by atoms with van der Waals surface area (Å²) in [5.41, 5.74) is 1.70. The van der Waals surface area contributed by atoms with Crippen LogP contribution in [0.1, 0.15) is 22.8 Å². The van der Waals surface area contributed by atoms with E-state index in [1.54, 1.807) is 12.1 Å². The van der Waals surface area contributed by atoms with E-state index in [1.165, 1.54) is 6.92 Å². The van der Waals surface area contributed by atoms with Crippen molar-refractivity contribution < 1.29 is 19.1 Å². The number of ether oxygens (including phenoxy) is 2. The van der Waals surface area contributed by atoms with Crippen LogP contribution in [-0.4, -0.2) is 24.9 Å². The maximum absolute atomic E-state index is 12.3. The molecule has 3 rings (SSSR count). The van der Waals surface area contributed by atoms with Gasteiger partial charge in [0.1, 0.15) is 13.2 Å². The molecule has 1 aliphatic rings. The van der Waals surface area contributed by atoms with Gasteiger partial charge < -0.3 is 14.8 Å². The summed E-state index contributed by atoms with van der Waals surface area (Å²) in [6.45, 7) is 2.29. The Kier molecular flexibility index (Phi) is 4.28. The number of amides is 1. The molecule has 5 heteroatoms. The zero-order valence-corrected chi connectivity index (χ0v) is 12.8. The summed E-state index contributed by atoms with van der Waals surface area (Å²) < 4.78 is 11.1. The number of fused-ring (bicyclic) bond motifs is 1. The highest BCUT2D eigenvalue weighted by atomic mass is 16.6. The molecule has 0 saturated carbocycles. The van der Waals surface area contributed by atoms with Gasteiger partial charge in [-0.05, 0) is 24.6 Å². The van der Waals surface area contributed by atoms with E-state index in [0.29, 0.717) is 36.0 Å². The number of nitrogens with one attached hydrogen (secondary N) is 1. The lowest BCUT2D eigenvalue weighted by molar-refractivity contribution is -0.115. The van der Waals surface area contributed by atoms with Crippen molar-refractivity contribution in [3.05, 3.63) is 53.6 Å². The average Bonchev–Trinajstić information content (AvgIpc) is 2.55. The Morgan fingerprint density at radius 1 is 1.04 bits per heavy atom. The highest BCUT2D eigenvalue weighted by Crippen LogP contribution is 2.40. The highest BCUT2D eigenvalue weighted by molar-refractivity contribution is 6.06. The predicted molar refractivity (Wildman–Crippen MR) is 86.2 cm³/mol. The molecule has 0 bridgehead atoms. The van der Waals surface area contributed by atoms with Crippen LogP contribution in [0.15, 0.2) is 42.5 Å². The molecule has 1 N–H and O–H groups in total. The van der Waals surface area contributed by atoms with Gasteiger partial charge in [0.2, 0.25) is 5.91 Å². The second-order valence-corrected chi connectivity index (χ2v) is 5.28. The highest BCUT2D eigenvalue weighted by Gasteiger charge is 2.22. The molecule has 2 aromatic rings. The second-order valence-electron chi connectivity index (χ2n) is 5.28. The largest absolute Gasteiger partial charge is 0.486 e. The Hall–Kier alpha value is -2.82. The maximum atomic E-state index is 12.3. The quantitative estimate of drug-likeness (QED) is 0.882. The van der Waals surface area contributed by atoms with Gasteiger partial charge in [-0.3, -0.25) is 9.59 Å². The van der Waals surface area contributed by atoms with Crippen molar-refractivity contribution in [3.8, 4) is 11.5 Å². The van der Waals surface area contributed by atoms with Crippen LogP contribution >= 0.6 is 0 Å². The molecule has 1 heterocycles. The van der Waals surface area contributed by atoms with Gasteiger partial charge in [0.25, 0.3) is 0 Å². The third kappa shape index (κ3) is 3.34. The Morgan fingerprint density at radius 3 is 2.52 bits per heavy atom. The van der Waals surface area contributed by atoms with Crippen molar-refractivity contribution in [3.63, 3.8) is 0 Å². The van der Waals surface area contributed by atoms with Crippen molar-refractivity contribution in [2.75, 3.05) is 18.5 Å². The van der Waals surface area contributed by atoms with E-state index in [9.17, 15) is 9.59 Å². The lowest BCUT2D eigenvalue weighted by Crippen LogP contribution is -2.21. The second kappa shape index (κ2) is 6.52. The third-order valence-electron chi connectivity index (χ3n) is 3.56. The van der Waals surface area contributed by atoms with Crippen molar-refractivity contribution >= 4 is 17.4 Å². The van der Waals surface area contributed by atoms with Crippen LogP contribution < -0.4 is 14.8 Å². The first kappa shape index (κ1) is 15.1. The molecule has 1 aliphatic heterocycles. The minimum Gasteiger partial charge on any atom is -0.486 e. The molecule has 0 fully saturated rings. The van der Waals surface area contributed by atoms with E-state index >= 15 is 0 Å². The molecule has 118 valence electrons. The van der Waals surface area contributed by atoms with E-state index in [2.05, 4.69) is 5.32 Å². The summed E-state index contributed by atoms with van der Waals surface area (Å²) in [6.07, 6.45) is 0.225. The smallest absolute Gasteiger partial charge is 0.228 e. The monoisotopic (exact) mass is 311 g/mol. The van der Waals surface area contributed by atoms with Gasteiger partial charge in [-0.25, -0.2) is 0 Å². The van der Waals surface area contributed by atoms with Crippen LogP contribution in [0.25, 0.3) is 0 Å². The molecule has 1 amide bonds. The molecular formula is C18H17NO4.